The number of rotatable bonds is 8. The Labute approximate surface area is 237 Å². The molecule has 210 valence electrons. The van der Waals surface area contributed by atoms with Crippen molar-refractivity contribution in [1.82, 2.24) is 15.1 Å². The van der Waals surface area contributed by atoms with Gasteiger partial charge < -0.3 is 14.4 Å². The smallest absolute Gasteiger partial charge is 0.418 e. The van der Waals surface area contributed by atoms with Gasteiger partial charge in [0.2, 0.25) is 0 Å². The summed E-state index contributed by atoms with van der Waals surface area (Å²) < 4.78 is 51.0. The zero-order valence-corrected chi connectivity index (χ0v) is 22.6. The average Bonchev–Trinajstić information content (AvgIpc) is 3.61. The van der Waals surface area contributed by atoms with E-state index in [2.05, 4.69) is 27.3 Å². The average molecular weight is 594 g/mol. The maximum Gasteiger partial charge on any atom is 0.418 e. The molecule has 3 fully saturated rings. The Kier molecular flexibility index (Phi) is 6.81. The van der Waals surface area contributed by atoms with Crippen LogP contribution in [0.15, 0.2) is 35.3 Å². The van der Waals surface area contributed by atoms with E-state index in [-0.39, 0.29) is 23.7 Å². The Morgan fingerprint density at radius 2 is 1.85 bits per heavy atom. The molecule has 3 aromatic heterocycles. The van der Waals surface area contributed by atoms with E-state index in [0.717, 1.165) is 56.0 Å². The zero-order valence-electron chi connectivity index (χ0n) is 21.0. The van der Waals surface area contributed by atoms with Gasteiger partial charge in [0.15, 0.2) is 5.69 Å². The van der Waals surface area contributed by atoms with E-state index in [4.69, 9.17) is 37.6 Å². The Hall–Kier alpha value is -3.11. The fourth-order valence-electron chi connectivity index (χ4n) is 6.09. The maximum absolute atomic E-state index is 13.2. The highest BCUT2D eigenvalue weighted by Gasteiger charge is 2.52. The number of alkyl halides is 3. The summed E-state index contributed by atoms with van der Waals surface area (Å²) in [5.74, 6) is -0.00373. The number of aromatic carboxylic acids is 1. The second-order valence-electron chi connectivity index (χ2n) is 11.0. The highest BCUT2D eigenvalue weighted by atomic mass is 35.5. The van der Waals surface area contributed by atoms with Crippen LogP contribution in [0.3, 0.4) is 0 Å². The van der Waals surface area contributed by atoms with E-state index in [0.29, 0.717) is 39.2 Å². The van der Waals surface area contributed by atoms with Gasteiger partial charge in [-0.3, -0.25) is 4.98 Å². The quantitative estimate of drug-likeness (QED) is 0.283. The fourth-order valence-corrected chi connectivity index (χ4v) is 6.63. The van der Waals surface area contributed by atoms with Crippen LogP contribution < -0.4 is 4.74 Å². The van der Waals surface area contributed by atoms with Gasteiger partial charge >= 0.3 is 12.1 Å². The number of hydrogen-bond donors (Lipinski definition) is 1. The van der Waals surface area contributed by atoms with Crippen molar-refractivity contribution in [2.75, 3.05) is 6.61 Å². The lowest BCUT2D eigenvalue weighted by molar-refractivity contribution is -0.138. The summed E-state index contributed by atoms with van der Waals surface area (Å²) in [6.07, 6.45) is 9.51. The van der Waals surface area contributed by atoms with Gasteiger partial charge in [-0.1, -0.05) is 40.5 Å². The molecule has 40 heavy (non-hydrogen) atoms. The van der Waals surface area contributed by atoms with Crippen LogP contribution in [-0.4, -0.2) is 32.8 Å². The highest BCUT2D eigenvalue weighted by molar-refractivity contribution is 6.39. The topological polar surface area (TPSA) is 98.3 Å². The third kappa shape index (κ3) is 5.19. The predicted octanol–water partition coefficient (Wildman–Crippen LogP) is 7.93. The Balaban J connectivity index is 1.06. The van der Waals surface area contributed by atoms with E-state index in [1.165, 1.54) is 12.4 Å². The van der Waals surface area contributed by atoms with E-state index >= 15 is 0 Å². The monoisotopic (exact) mass is 593 g/mol. The van der Waals surface area contributed by atoms with Crippen LogP contribution in [0.25, 0.3) is 17.3 Å². The van der Waals surface area contributed by atoms with Crippen molar-refractivity contribution in [3.8, 4) is 17.0 Å². The second kappa shape index (κ2) is 10.1. The van der Waals surface area contributed by atoms with E-state index in [1.54, 1.807) is 0 Å². The normalized spacial score (nSPS) is 24.2. The number of carboxylic acid groups (broad SMARTS) is 1. The summed E-state index contributed by atoms with van der Waals surface area (Å²) in [5, 5.41) is 14.1. The first-order chi connectivity index (χ1) is 19.0. The van der Waals surface area contributed by atoms with Crippen molar-refractivity contribution in [1.29, 1.82) is 0 Å². The van der Waals surface area contributed by atoms with Crippen molar-refractivity contribution in [2.45, 2.75) is 50.6 Å². The molecule has 0 saturated heterocycles. The number of pyridine rings is 2. The molecule has 1 spiro atoms. The molecule has 3 saturated carbocycles. The number of nitrogens with zero attached hydrogens (tertiary/aromatic N) is 3. The Morgan fingerprint density at radius 3 is 2.48 bits per heavy atom. The zero-order chi connectivity index (χ0) is 28.2. The number of carbonyl (C=O) groups is 1. The number of carboxylic acids is 1. The molecule has 1 N–H and O–H groups in total. The lowest BCUT2D eigenvalue weighted by Gasteiger charge is -2.57. The van der Waals surface area contributed by atoms with Crippen LogP contribution in [0.5, 0.6) is 5.75 Å². The minimum atomic E-state index is -4.83. The van der Waals surface area contributed by atoms with Crippen LogP contribution in [0.1, 0.15) is 71.8 Å². The van der Waals surface area contributed by atoms with Gasteiger partial charge in [0.05, 0.1) is 28.4 Å². The first-order valence-electron chi connectivity index (χ1n) is 12.9. The molecule has 0 bridgehead atoms. The summed E-state index contributed by atoms with van der Waals surface area (Å²) in [6.45, 7) is 0.260. The third-order valence-electron chi connectivity index (χ3n) is 8.02. The van der Waals surface area contributed by atoms with Gasteiger partial charge in [-0.05, 0) is 61.8 Å². The highest BCUT2D eigenvalue weighted by Crippen LogP contribution is 2.61. The second-order valence-corrected chi connectivity index (χ2v) is 11.9. The number of ether oxygens (including phenoxy) is 1. The lowest BCUT2D eigenvalue weighted by atomic mass is 9.48. The number of hydrogen-bond acceptors (Lipinski definition) is 6. The minimum Gasteiger partial charge on any atom is -0.492 e. The van der Waals surface area contributed by atoms with Gasteiger partial charge in [0.1, 0.15) is 17.2 Å². The van der Waals surface area contributed by atoms with Crippen molar-refractivity contribution in [2.24, 2.45) is 17.3 Å². The van der Waals surface area contributed by atoms with Crippen LogP contribution in [-0.2, 0) is 6.18 Å². The fraction of sp³-hybridized carbons (Fsp3) is 0.429. The summed E-state index contributed by atoms with van der Waals surface area (Å²) in [5.41, 5.74) is -0.00375. The number of aromatic nitrogens is 3. The van der Waals surface area contributed by atoms with E-state index in [1.807, 2.05) is 0 Å². The van der Waals surface area contributed by atoms with Crippen LogP contribution in [0, 0.1) is 17.3 Å². The molecule has 0 radical (unpaired) electrons. The van der Waals surface area contributed by atoms with E-state index in [9.17, 15) is 18.0 Å². The molecule has 0 atom stereocenters. The molecule has 3 aliphatic carbocycles. The summed E-state index contributed by atoms with van der Waals surface area (Å²) in [4.78, 5) is 18.6. The van der Waals surface area contributed by atoms with Crippen molar-refractivity contribution in [3.05, 3.63) is 63.4 Å². The molecular weight excluding hydrogens is 570 g/mol. The standard InChI is InChI=1S/C28H24Cl2F3N3O4/c29-20-11-34-12-21(30)22(20)23-18(25(40-36-23)16-2-3-16)4-1-14-6-27(7-14)8-15(9-27)13-39-17-5-19(28(31,32)33)24(26(37)38)35-10-17/h1,4-5,10-12,14-16H,2-3,6-9,13H2,(H,37,38). The van der Waals surface area contributed by atoms with E-state index < -0.39 is 23.4 Å². The summed E-state index contributed by atoms with van der Waals surface area (Å²) in [7, 11) is 0. The van der Waals surface area contributed by atoms with Gasteiger partial charge in [-0.15, -0.1) is 0 Å². The molecule has 0 unspecified atom stereocenters. The molecule has 0 aliphatic heterocycles. The molecule has 6 rings (SSSR count). The maximum atomic E-state index is 13.2. The van der Waals surface area contributed by atoms with Crippen molar-refractivity contribution < 1.29 is 32.3 Å². The molecule has 3 aliphatic rings. The Morgan fingerprint density at radius 1 is 1.15 bits per heavy atom. The summed E-state index contributed by atoms with van der Waals surface area (Å²) in [6, 6.07) is 0.705. The van der Waals surface area contributed by atoms with Crippen molar-refractivity contribution in [3.63, 3.8) is 0 Å². The van der Waals surface area contributed by atoms with Crippen molar-refractivity contribution >= 4 is 35.2 Å². The van der Waals surface area contributed by atoms with Crippen LogP contribution in [0.4, 0.5) is 13.2 Å². The predicted molar refractivity (Wildman–Crippen MR) is 140 cm³/mol. The lowest BCUT2D eigenvalue weighted by Crippen LogP contribution is -2.48. The molecular formula is C28H24Cl2F3N3O4. The molecule has 12 heteroatoms. The molecule has 7 nitrogen and oxygen atoms in total. The third-order valence-corrected chi connectivity index (χ3v) is 8.59. The molecule has 0 amide bonds. The number of halogens is 5. The van der Waals surface area contributed by atoms with Crippen LogP contribution >= 0.6 is 23.2 Å². The minimum absolute atomic E-state index is 0.0851. The SMILES string of the molecule is O=C(O)c1ncc(OCC2CC3(CC(C=Cc4c(-c5c(Cl)cncc5Cl)noc4C4CC4)C3)C2)cc1C(F)(F)F. The summed E-state index contributed by atoms with van der Waals surface area (Å²) >= 11 is 12.8. The first-order valence-corrected chi connectivity index (χ1v) is 13.7. The first kappa shape index (κ1) is 27.1. The molecule has 3 aromatic rings. The van der Waals surface area contributed by atoms with Gasteiger partial charge in [-0.2, -0.15) is 13.2 Å². The van der Waals surface area contributed by atoms with Gasteiger partial charge in [0.25, 0.3) is 0 Å². The molecule has 3 heterocycles. The Bertz CT molecular complexity index is 1470. The molecule has 0 aromatic carbocycles. The largest absolute Gasteiger partial charge is 0.492 e. The van der Waals surface area contributed by atoms with Gasteiger partial charge in [-0.25, -0.2) is 9.78 Å². The number of allylic oxidation sites excluding steroid dienone is 1. The van der Waals surface area contributed by atoms with Gasteiger partial charge in [0, 0.05) is 29.4 Å². The van der Waals surface area contributed by atoms with Crippen LogP contribution in [0.2, 0.25) is 10.0 Å².